The van der Waals surface area contributed by atoms with Crippen LogP contribution in [0.2, 0.25) is 0 Å². The summed E-state index contributed by atoms with van der Waals surface area (Å²) in [5, 5.41) is 0. The van der Waals surface area contributed by atoms with Gasteiger partial charge in [0.2, 0.25) is 0 Å². The van der Waals surface area contributed by atoms with Crippen molar-refractivity contribution in [2.45, 2.75) is 5.41 Å². The van der Waals surface area contributed by atoms with Crippen molar-refractivity contribution in [3.05, 3.63) is 229 Å². The first-order valence-electron chi connectivity index (χ1n) is 18.9. The summed E-state index contributed by atoms with van der Waals surface area (Å²) in [6.07, 6.45) is 0. The first kappa shape index (κ1) is 31.4. The van der Waals surface area contributed by atoms with E-state index in [1.807, 2.05) is 12.1 Å². The number of fused-ring (bicyclic) bond motifs is 10. The van der Waals surface area contributed by atoms with Gasteiger partial charge in [-0.15, -0.1) is 0 Å². The van der Waals surface area contributed by atoms with E-state index in [1.165, 1.54) is 61.2 Å². The van der Waals surface area contributed by atoms with Gasteiger partial charge in [-0.05, 0) is 85.0 Å². The van der Waals surface area contributed by atoms with Crippen LogP contribution in [0.3, 0.4) is 0 Å². The van der Waals surface area contributed by atoms with E-state index in [1.54, 1.807) is 0 Å². The van der Waals surface area contributed by atoms with Gasteiger partial charge < -0.3 is 0 Å². The summed E-state index contributed by atoms with van der Waals surface area (Å²) < 4.78 is 0. The first-order chi connectivity index (χ1) is 27.3. The van der Waals surface area contributed by atoms with Gasteiger partial charge in [-0.25, -0.2) is 9.97 Å². The van der Waals surface area contributed by atoms with E-state index >= 15 is 0 Å². The number of aromatic nitrogens is 2. The highest BCUT2D eigenvalue weighted by atomic mass is 14.9. The average molecular weight is 699 g/mol. The molecule has 8 aromatic carbocycles. The molecule has 11 rings (SSSR count). The predicted octanol–water partition coefficient (Wildman–Crippen LogP) is 13.2. The smallest absolute Gasteiger partial charge is 0.160 e. The summed E-state index contributed by atoms with van der Waals surface area (Å²) in [5.74, 6) is 0.712. The third kappa shape index (κ3) is 4.89. The lowest BCUT2D eigenvalue weighted by molar-refractivity contribution is 0.794. The highest BCUT2D eigenvalue weighted by Gasteiger charge is 2.51. The quantitative estimate of drug-likeness (QED) is 0.179. The van der Waals surface area contributed by atoms with Crippen LogP contribution in [0.15, 0.2) is 206 Å². The van der Waals surface area contributed by atoms with Gasteiger partial charge in [0, 0.05) is 16.7 Å². The summed E-state index contributed by atoms with van der Waals surface area (Å²) in [5.41, 5.74) is 20.0. The number of benzene rings is 8. The second-order valence-electron chi connectivity index (χ2n) is 14.5. The fourth-order valence-electron chi connectivity index (χ4n) is 9.05. The average Bonchev–Trinajstić information content (AvgIpc) is 3.74. The number of hydrogen-bond donors (Lipinski definition) is 0. The second kappa shape index (κ2) is 12.5. The predicted molar refractivity (Wildman–Crippen MR) is 226 cm³/mol. The molecule has 0 fully saturated rings. The number of rotatable bonds is 5. The lowest BCUT2D eigenvalue weighted by Gasteiger charge is -2.30. The Morgan fingerprint density at radius 1 is 0.255 bits per heavy atom. The molecule has 0 unspecified atom stereocenters. The van der Waals surface area contributed by atoms with Crippen LogP contribution in [-0.4, -0.2) is 9.97 Å². The van der Waals surface area contributed by atoms with Gasteiger partial charge in [0.15, 0.2) is 5.82 Å². The van der Waals surface area contributed by atoms with E-state index in [0.717, 1.165) is 33.6 Å². The molecule has 2 aliphatic carbocycles. The lowest BCUT2D eigenvalue weighted by atomic mass is 9.70. The Hall–Kier alpha value is -7.16. The van der Waals surface area contributed by atoms with Crippen molar-refractivity contribution in [1.82, 2.24) is 9.97 Å². The van der Waals surface area contributed by atoms with Crippen LogP contribution in [0, 0.1) is 0 Å². The van der Waals surface area contributed by atoms with Gasteiger partial charge in [-0.2, -0.15) is 0 Å². The standard InChI is InChI=1S/C53H34N2/c1-3-14-36(15-4-1)50-34-51(37-16-5-2-6-17-37)55-52(54-50)38-28-26-35(27-29-38)39-18-13-19-40(32-39)41-30-31-45-44-22-9-12-25-48(44)53(49(45)33-41)46-23-10-7-20-42(46)43-21-8-11-24-47(43)53/h1-34H. The van der Waals surface area contributed by atoms with Crippen molar-refractivity contribution < 1.29 is 0 Å². The molecule has 0 bridgehead atoms. The lowest BCUT2D eigenvalue weighted by Crippen LogP contribution is -2.25. The molecule has 9 aromatic rings. The minimum atomic E-state index is -0.358. The normalized spacial score (nSPS) is 12.9. The zero-order valence-electron chi connectivity index (χ0n) is 30.0. The zero-order chi connectivity index (χ0) is 36.3. The molecule has 1 heterocycles. The maximum absolute atomic E-state index is 5.05. The molecule has 0 amide bonds. The Labute approximate surface area is 321 Å². The van der Waals surface area contributed by atoms with Gasteiger partial charge in [0.25, 0.3) is 0 Å². The molecular formula is C53H34N2. The Bertz CT molecular complexity index is 2790. The summed E-state index contributed by atoms with van der Waals surface area (Å²) in [4.78, 5) is 10.1. The van der Waals surface area contributed by atoms with E-state index in [-0.39, 0.29) is 5.41 Å². The Morgan fingerprint density at radius 2 is 0.655 bits per heavy atom. The van der Waals surface area contributed by atoms with Crippen LogP contribution in [0.5, 0.6) is 0 Å². The molecule has 0 N–H and O–H groups in total. The summed E-state index contributed by atoms with van der Waals surface area (Å²) in [6.45, 7) is 0. The number of hydrogen-bond acceptors (Lipinski definition) is 2. The minimum absolute atomic E-state index is 0.358. The summed E-state index contributed by atoms with van der Waals surface area (Å²) in [7, 11) is 0. The van der Waals surface area contributed by atoms with E-state index in [9.17, 15) is 0 Å². The highest BCUT2D eigenvalue weighted by molar-refractivity contribution is 5.96. The molecule has 0 saturated carbocycles. The molecular weight excluding hydrogens is 665 g/mol. The van der Waals surface area contributed by atoms with Crippen LogP contribution in [0.25, 0.3) is 78.4 Å². The van der Waals surface area contributed by atoms with Crippen molar-refractivity contribution in [1.29, 1.82) is 0 Å². The summed E-state index contributed by atoms with van der Waals surface area (Å²) >= 11 is 0. The molecule has 0 aliphatic heterocycles. The molecule has 256 valence electrons. The Kier molecular flexibility index (Phi) is 7.11. The van der Waals surface area contributed by atoms with Crippen LogP contribution >= 0.6 is 0 Å². The van der Waals surface area contributed by atoms with Crippen molar-refractivity contribution in [2.24, 2.45) is 0 Å². The van der Waals surface area contributed by atoms with Crippen LogP contribution in [-0.2, 0) is 5.41 Å². The monoisotopic (exact) mass is 698 g/mol. The molecule has 0 radical (unpaired) electrons. The van der Waals surface area contributed by atoms with Gasteiger partial charge >= 0.3 is 0 Å². The molecule has 1 aromatic heterocycles. The Balaban J connectivity index is 0.986. The topological polar surface area (TPSA) is 25.8 Å². The molecule has 0 saturated heterocycles. The van der Waals surface area contributed by atoms with Crippen molar-refractivity contribution in [3.63, 3.8) is 0 Å². The van der Waals surface area contributed by atoms with Crippen molar-refractivity contribution >= 4 is 0 Å². The van der Waals surface area contributed by atoms with Crippen molar-refractivity contribution in [2.75, 3.05) is 0 Å². The van der Waals surface area contributed by atoms with Gasteiger partial charge in [0.05, 0.1) is 16.8 Å². The maximum atomic E-state index is 5.05. The van der Waals surface area contributed by atoms with Crippen LogP contribution in [0.1, 0.15) is 22.3 Å². The molecule has 2 aliphatic rings. The second-order valence-corrected chi connectivity index (χ2v) is 14.5. The third-order valence-electron chi connectivity index (χ3n) is 11.5. The largest absolute Gasteiger partial charge is 0.228 e. The Morgan fingerprint density at radius 3 is 1.20 bits per heavy atom. The minimum Gasteiger partial charge on any atom is -0.228 e. The molecule has 1 spiro atoms. The van der Waals surface area contributed by atoms with Crippen molar-refractivity contribution in [3.8, 4) is 78.4 Å². The van der Waals surface area contributed by atoms with Gasteiger partial charge in [0.1, 0.15) is 0 Å². The molecule has 55 heavy (non-hydrogen) atoms. The van der Waals surface area contributed by atoms with E-state index < -0.39 is 0 Å². The first-order valence-corrected chi connectivity index (χ1v) is 18.9. The van der Waals surface area contributed by atoms with Gasteiger partial charge in [-0.1, -0.05) is 188 Å². The zero-order valence-corrected chi connectivity index (χ0v) is 30.0. The number of nitrogens with zero attached hydrogens (tertiary/aromatic N) is 2. The highest BCUT2D eigenvalue weighted by Crippen LogP contribution is 2.63. The van der Waals surface area contributed by atoms with Crippen LogP contribution in [0.4, 0.5) is 0 Å². The molecule has 0 atom stereocenters. The SMILES string of the molecule is c1ccc(-c2cc(-c3ccccc3)nc(-c3ccc(-c4cccc(-c5ccc6c(c5)C5(c7ccccc7-c7ccccc75)c5ccccc5-6)c4)cc3)n2)cc1. The molecule has 2 nitrogen and oxygen atoms in total. The fourth-order valence-corrected chi connectivity index (χ4v) is 9.05. The van der Waals surface area contributed by atoms with E-state index in [2.05, 4.69) is 194 Å². The third-order valence-corrected chi connectivity index (χ3v) is 11.5. The van der Waals surface area contributed by atoms with E-state index in [4.69, 9.17) is 9.97 Å². The maximum Gasteiger partial charge on any atom is 0.160 e. The fraction of sp³-hybridized carbons (Fsp3) is 0.0189. The van der Waals surface area contributed by atoms with Crippen LogP contribution < -0.4 is 0 Å². The summed E-state index contributed by atoms with van der Waals surface area (Å²) in [6, 6.07) is 74.4. The molecule has 2 heteroatoms. The van der Waals surface area contributed by atoms with E-state index in [0.29, 0.717) is 5.82 Å². The van der Waals surface area contributed by atoms with Gasteiger partial charge in [-0.3, -0.25) is 0 Å².